The molecule has 0 bridgehead atoms. The molecule has 3 N–H and O–H groups in total. The van der Waals surface area contributed by atoms with E-state index in [0.29, 0.717) is 30.8 Å². The molecule has 1 aliphatic rings. The summed E-state index contributed by atoms with van der Waals surface area (Å²) in [4.78, 5) is 25.8. The van der Waals surface area contributed by atoms with E-state index in [-0.39, 0.29) is 36.6 Å². The first-order valence-electron chi connectivity index (χ1n) is 7.25. The molecular formula is C15H24Cl2N4O2. The van der Waals surface area contributed by atoms with Gasteiger partial charge in [0.05, 0.1) is 11.4 Å². The van der Waals surface area contributed by atoms with Crippen molar-refractivity contribution in [2.75, 3.05) is 43.4 Å². The molecule has 0 aliphatic carbocycles. The van der Waals surface area contributed by atoms with Crippen molar-refractivity contribution in [1.82, 2.24) is 10.6 Å². The number of likely N-dealkylation sites (N-methyl/N-ethyl adjacent to an activating group) is 1. The second-order valence-electron chi connectivity index (χ2n) is 5.06. The smallest absolute Gasteiger partial charge is 0.251 e. The molecule has 0 atom stereocenters. The fourth-order valence-electron chi connectivity index (χ4n) is 2.26. The lowest BCUT2D eigenvalue weighted by Crippen LogP contribution is -2.31. The predicted molar refractivity (Wildman–Crippen MR) is 98.3 cm³/mol. The maximum Gasteiger partial charge on any atom is 0.251 e. The highest BCUT2D eigenvalue weighted by molar-refractivity contribution is 6.00. The van der Waals surface area contributed by atoms with Gasteiger partial charge in [0.25, 0.3) is 5.91 Å². The van der Waals surface area contributed by atoms with E-state index in [2.05, 4.69) is 16.0 Å². The quantitative estimate of drug-likeness (QED) is 0.696. The Bertz CT molecular complexity index is 540. The van der Waals surface area contributed by atoms with Gasteiger partial charge in [-0.3, -0.25) is 9.59 Å². The van der Waals surface area contributed by atoms with Crippen LogP contribution in [-0.2, 0) is 4.79 Å². The Morgan fingerprint density at radius 1 is 1.30 bits per heavy atom. The topological polar surface area (TPSA) is 73.5 Å². The number of nitrogens with zero attached hydrogens (tertiary/aromatic N) is 1. The van der Waals surface area contributed by atoms with E-state index in [4.69, 9.17) is 0 Å². The molecule has 0 unspecified atom stereocenters. The van der Waals surface area contributed by atoms with Crippen molar-refractivity contribution in [3.8, 4) is 0 Å². The molecule has 130 valence electrons. The van der Waals surface area contributed by atoms with Crippen LogP contribution in [0, 0.1) is 0 Å². The first kappa shape index (κ1) is 21.5. The fraction of sp³-hybridized carbons (Fsp3) is 0.467. The van der Waals surface area contributed by atoms with Crippen LogP contribution in [0.25, 0.3) is 0 Å². The summed E-state index contributed by atoms with van der Waals surface area (Å²) in [6.45, 7) is 4.90. The zero-order chi connectivity index (χ0) is 15.2. The molecule has 0 fully saturated rings. The number of halogens is 2. The number of nitrogens with one attached hydrogen (secondary N) is 3. The number of hydrogen-bond donors (Lipinski definition) is 3. The van der Waals surface area contributed by atoms with E-state index >= 15 is 0 Å². The average Bonchev–Trinajstić information content (AvgIpc) is 2.62. The van der Waals surface area contributed by atoms with Crippen molar-refractivity contribution < 1.29 is 9.59 Å². The number of rotatable bonds is 5. The van der Waals surface area contributed by atoms with E-state index in [1.165, 1.54) is 0 Å². The van der Waals surface area contributed by atoms with Crippen molar-refractivity contribution in [2.24, 2.45) is 0 Å². The summed E-state index contributed by atoms with van der Waals surface area (Å²) in [6, 6.07) is 5.40. The lowest BCUT2D eigenvalue weighted by molar-refractivity contribution is -0.115. The number of fused-ring (bicyclic) bond motifs is 1. The normalized spacial score (nSPS) is 13.0. The third-order valence-corrected chi connectivity index (χ3v) is 3.46. The standard InChI is InChI=1S/C15H22N4O2.2ClH/c1-3-16-7-8-17-15(21)11-4-5-13-12(10-11)18-14(20)6-9-19(13)2;;/h4-5,10,16H,3,6-9H2,1-2H3,(H,17,21)(H,18,20);2*1H. The summed E-state index contributed by atoms with van der Waals surface area (Å²) < 4.78 is 0. The summed E-state index contributed by atoms with van der Waals surface area (Å²) in [5.74, 6) is -0.151. The van der Waals surface area contributed by atoms with Crippen LogP contribution in [0.3, 0.4) is 0 Å². The fourth-order valence-corrected chi connectivity index (χ4v) is 2.26. The third-order valence-electron chi connectivity index (χ3n) is 3.46. The minimum atomic E-state index is -0.128. The molecule has 1 aromatic rings. The van der Waals surface area contributed by atoms with Crippen LogP contribution in [0.2, 0.25) is 0 Å². The lowest BCUT2D eigenvalue weighted by atomic mass is 10.1. The Hall–Kier alpha value is -1.50. The van der Waals surface area contributed by atoms with E-state index in [0.717, 1.165) is 18.8 Å². The highest BCUT2D eigenvalue weighted by atomic mass is 35.5. The molecule has 1 aromatic carbocycles. The van der Waals surface area contributed by atoms with Crippen molar-refractivity contribution in [3.05, 3.63) is 23.8 Å². The van der Waals surface area contributed by atoms with Crippen molar-refractivity contribution in [3.63, 3.8) is 0 Å². The van der Waals surface area contributed by atoms with E-state index in [9.17, 15) is 9.59 Å². The number of carbonyl (C=O) groups excluding carboxylic acids is 2. The molecule has 2 amide bonds. The van der Waals surface area contributed by atoms with Crippen LogP contribution >= 0.6 is 24.8 Å². The van der Waals surface area contributed by atoms with Gasteiger partial charge in [0.2, 0.25) is 5.91 Å². The Kier molecular flexibility index (Phi) is 9.64. The molecule has 0 aromatic heterocycles. The molecule has 0 saturated heterocycles. The van der Waals surface area contributed by atoms with Gasteiger partial charge in [-0.05, 0) is 24.7 Å². The molecule has 0 radical (unpaired) electrons. The molecule has 1 heterocycles. The molecule has 2 rings (SSSR count). The minimum Gasteiger partial charge on any atom is -0.372 e. The highest BCUT2D eigenvalue weighted by Crippen LogP contribution is 2.28. The Balaban J connectivity index is 0.00000242. The van der Waals surface area contributed by atoms with Crippen LogP contribution in [0.5, 0.6) is 0 Å². The molecule has 0 spiro atoms. The SMILES string of the molecule is CCNCCNC(=O)c1ccc2c(c1)NC(=O)CCN2C.Cl.Cl. The monoisotopic (exact) mass is 362 g/mol. The van der Waals surface area contributed by atoms with E-state index in [1.807, 2.05) is 24.9 Å². The number of benzene rings is 1. The second-order valence-corrected chi connectivity index (χ2v) is 5.06. The molecular weight excluding hydrogens is 339 g/mol. The van der Waals surface area contributed by atoms with Gasteiger partial charge in [-0.25, -0.2) is 0 Å². The van der Waals surface area contributed by atoms with Crippen molar-refractivity contribution in [2.45, 2.75) is 13.3 Å². The van der Waals surface area contributed by atoms with Crippen molar-refractivity contribution >= 4 is 48.0 Å². The molecule has 8 heteroatoms. The minimum absolute atomic E-state index is 0. The van der Waals surface area contributed by atoms with Gasteiger partial charge in [0.1, 0.15) is 0 Å². The summed E-state index contributed by atoms with van der Waals surface area (Å²) in [6.07, 6.45) is 0.454. The van der Waals surface area contributed by atoms with Crippen LogP contribution in [0.15, 0.2) is 18.2 Å². The zero-order valence-electron chi connectivity index (χ0n) is 13.3. The van der Waals surface area contributed by atoms with Crippen LogP contribution in [-0.4, -0.2) is 45.0 Å². The van der Waals surface area contributed by atoms with E-state index < -0.39 is 0 Å². The first-order chi connectivity index (χ1) is 10.1. The molecule has 1 aliphatic heterocycles. The predicted octanol–water partition coefficient (Wildman–Crippen LogP) is 1.65. The van der Waals surface area contributed by atoms with Crippen LogP contribution in [0.4, 0.5) is 11.4 Å². The zero-order valence-corrected chi connectivity index (χ0v) is 15.0. The third kappa shape index (κ3) is 5.89. The van der Waals surface area contributed by atoms with E-state index in [1.54, 1.807) is 12.1 Å². The molecule has 23 heavy (non-hydrogen) atoms. The number of carbonyl (C=O) groups is 2. The van der Waals surface area contributed by atoms with Gasteiger partial charge in [-0.15, -0.1) is 24.8 Å². The highest BCUT2D eigenvalue weighted by Gasteiger charge is 2.18. The van der Waals surface area contributed by atoms with Gasteiger partial charge in [0, 0.05) is 38.7 Å². The van der Waals surface area contributed by atoms with Gasteiger partial charge >= 0.3 is 0 Å². The van der Waals surface area contributed by atoms with Crippen LogP contribution in [0.1, 0.15) is 23.7 Å². The Labute approximate surface area is 149 Å². The largest absolute Gasteiger partial charge is 0.372 e. The number of amides is 2. The van der Waals surface area contributed by atoms with Crippen molar-refractivity contribution in [1.29, 1.82) is 0 Å². The van der Waals surface area contributed by atoms with Gasteiger partial charge in [-0.2, -0.15) is 0 Å². The maximum atomic E-state index is 12.1. The first-order valence-corrected chi connectivity index (χ1v) is 7.25. The molecule has 0 saturated carbocycles. The number of anilines is 2. The van der Waals surface area contributed by atoms with Crippen LogP contribution < -0.4 is 20.9 Å². The second kappa shape index (κ2) is 10.3. The summed E-state index contributed by atoms with van der Waals surface area (Å²) >= 11 is 0. The Morgan fingerprint density at radius 2 is 2.04 bits per heavy atom. The van der Waals surface area contributed by atoms with Gasteiger partial charge in [0.15, 0.2) is 0 Å². The van der Waals surface area contributed by atoms with Gasteiger partial charge < -0.3 is 20.9 Å². The number of hydrogen-bond acceptors (Lipinski definition) is 4. The molecule has 6 nitrogen and oxygen atoms in total. The maximum absolute atomic E-state index is 12.1. The average molecular weight is 363 g/mol. The summed E-state index contributed by atoms with van der Waals surface area (Å²) in [5, 5.41) is 8.85. The lowest BCUT2D eigenvalue weighted by Gasteiger charge is -2.18. The Morgan fingerprint density at radius 3 is 2.74 bits per heavy atom. The van der Waals surface area contributed by atoms with Gasteiger partial charge in [-0.1, -0.05) is 6.92 Å². The summed E-state index contributed by atoms with van der Waals surface area (Å²) in [7, 11) is 1.94. The summed E-state index contributed by atoms with van der Waals surface area (Å²) in [5.41, 5.74) is 2.19.